The topological polar surface area (TPSA) is 106 Å². The number of nitro benzene ring substituents is 1. The molecule has 2 rings (SSSR count). The number of aromatic nitrogens is 2. The molecule has 0 bridgehead atoms. The summed E-state index contributed by atoms with van der Waals surface area (Å²) in [4.78, 5) is 29.2. The first-order valence-electron chi connectivity index (χ1n) is 5.03. The second-order valence-electron chi connectivity index (χ2n) is 3.39. The molecule has 0 spiro atoms. The van der Waals surface area contributed by atoms with Crippen LogP contribution in [0.3, 0.4) is 0 Å². The molecule has 7 nitrogen and oxygen atoms in total. The average molecular weight is 277 g/mol. The number of nitrogens with zero attached hydrogens (tertiary/aromatic N) is 3. The molecule has 96 valence electrons. The van der Waals surface area contributed by atoms with Crippen LogP contribution in [0.5, 0.6) is 0 Å². The Balaban J connectivity index is 2.40. The number of benzene rings is 1. The Labute approximate surface area is 111 Å². The molecule has 0 atom stereocenters. The third-order valence-corrected chi connectivity index (χ3v) is 3.19. The third-order valence-electron chi connectivity index (χ3n) is 2.17. The van der Waals surface area contributed by atoms with Crippen molar-refractivity contribution in [2.75, 3.05) is 0 Å². The largest absolute Gasteiger partial charge is 0.478 e. The van der Waals surface area contributed by atoms with Gasteiger partial charge in [-0.15, -0.1) is 0 Å². The van der Waals surface area contributed by atoms with E-state index in [0.29, 0.717) is 9.92 Å². The average Bonchev–Trinajstić information content (AvgIpc) is 2.39. The lowest BCUT2D eigenvalue weighted by molar-refractivity contribution is -0.387. The van der Waals surface area contributed by atoms with Crippen LogP contribution in [-0.2, 0) is 0 Å². The number of hydrogen-bond acceptors (Lipinski definition) is 6. The monoisotopic (exact) mass is 277 g/mol. The zero-order chi connectivity index (χ0) is 13.8. The Morgan fingerprint density at radius 2 is 2.16 bits per heavy atom. The van der Waals surface area contributed by atoms with Crippen LogP contribution in [0.2, 0.25) is 0 Å². The molecule has 0 aliphatic rings. The van der Waals surface area contributed by atoms with Crippen molar-refractivity contribution in [2.24, 2.45) is 0 Å². The lowest BCUT2D eigenvalue weighted by Gasteiger charge is -2.03. The van der Waals surface area contributed by atoms with Crippen molar-refractivity contribution in [1.29, 1.82) is 0 Å². The number of aromatic carboxylic acids is 1. The summed E-state index contributed by atoms with van der Waals surface area (Å²) < 4.78 is 0. The Bertz CT molecular complexity index is 633. The summed E-state index contributed by atoms with van der Waals surface area (Å²) in [5, 5.41) is 20.3. The minimum atomic E-state index is -1.21. The number of nitro groups is 1. The van der Waals surface area contributed by atoms with Crippen molar-refractivity contribution in [1.82, 2.24) is 9.97 Å². The Hall–Kier alpha value is -2.48. The van der Waals surface area contributed by atoms with Gasteiger partial charge in [0.15, 0.2) is 0 Å². The van der Waals surface area contributed by atoms with Gasteiger partial charge in [-0.2, -0.15) is 0 Å². The fourth-order valence-electron chi connectivity index (χ4n) is 1.33. The number of rotatable bonds is 4. The van der Waals surface area contributed by atoms with Crippen LogP contribution in [-0.4, -0.2) is 26.0 Å². The maximum atomic E-state index is 11.0. The van der Waals surface area contributed by atoms with E-state index in [4.69, 9.17) is 5.11 Å². The second-order valence-corrected chi connectivity index (χ2v) is 4.46. The quantitative estimate of drug-likeness (QED) is 0.518. The van der Waals surface area contributed by atoms with Crippen molar-refractivity contribution < 1.29 is 14.8 Å². The molecule has 0 aliphatic heterocycles. The van der Waals surface area contributed by atoms with Crippen LogP contribution >= 0.6 is 11.8 Å². The first-order chi connectivity index (χ1) is 9.08. The zero-order valence-electron chi connectivity index (χ0n) is 9.39. The molecule has 0 saturated heterocycles. The molecule has 1 aromatic carbocycles. The van der Waals surface area contributed by atoms with Crippen molar-refractivity contribution >= 4 is 23.4 Å². The van der Waals surface area contributed by atoms with Crippen molar-refractivity contribution in [3.63, 3.8) is 0 Å². The molecule has 0 radical (unpaired) electrons. The third kappa shape index (κ3) is 3.05. The smallest absolute Gasteiger partial charge is 0.335 e. The molecule has 8 heteroatoms. The summed E-state index contributed by atoms with van der Waals surface area (Å²) >= 11 is 1.08. The van der Waals surface area contributed by atoms with Crippen LogP contribution in [0.25, 0.3) is 0 Å². The van der Waals surface area contributed by atoms with Gasteiger partial charge in [0.2, 0.25) is 0 Å². The van der Waals surface area contributed by atoms with E-state index in [1.165, 1.54) is 24.7 Å². The predicted octanol–water partition coefficient (Wildman–Crippen LogP) is 2.23. The molecule has 0 aliphatic carbocycles. The molecular weight excluding hydrogens is 270 g/mol. The van der Waals surface area contributed by atoms with Gasteiger partial charge in [-0.1, -0.05) is 11.8 Å². The van der Waals surface area contributed by atoms with E-state index in [1.807, 2.05) is 0 Å². The molecule has 19 heavy (non-hydrogen) atoms. The minimum absolute atomic E-state index is 0.126. The number of carbonyl (C=O) groups is 1. The van der Waals surface area contributed by atoms with Gasteiger partial charge < -0.3 is 5.11 Å². The van der Waals surface area contributed by atoms with Gasteiger partial charge in [-0.25, -0.2) is 14.8 Å². The Morgan fingerprint density at radius 1 is 1.37 bits per heavy atom. The summed E-state index contributed by atoms with van der Waals surface area (Å²) in [6.45, 7) is 0. The van der Waals surface area contributed by atoms with Gasteiger partial charge in [0, 0.05) is 12.3 Å². The van der Waals surface area contributed by atoms with Gasteiger partial charge in [0.25, 0.3) is 5.69 Å². The first kappa shape index (κ1) is 13.0. The summed E-state index contributed by atoms with van der Waals surface area (Å²) in [6, 6.07) is 5.36. The van der Waals surface area contributed by atoms with Crippen LogP contribution in [0, 0.1) is 10.1 Å². The zero-order valence-corrected chi connectivity index (χ0v) is 10.2. The molecule has 1 N–H and O–H groups in total. The van der Waals surface area contributed by atoms with E-state index in [2.05, 4.69) is 9.97 Å². The van der Waals surface area contributed by atoms with Gasteiger partial charge in [-0.3, -0.25) is 10.1 Å². The number of carboxylic acids is 1. The fourth-order valence-corrected chi connectivity index (χ4v) is 2.16. The predicted molar refractivity (Wildman–Crippen MR) is 66.2 cm³/mol. The van der Waals surface area contributed by atoms with Crippen molar-refractivity contribution in [3.8, 4) is 0 Å². The van der Waals surface area contributed by atoms with Gasteiger partial charge in [0.05, 0.1) is 15.4 Å². The molecule has 1 heterocycles. The lowest BCUT2D eigenvalue weighted by atomic mass is 10.2. The van der Waals surface area contributed by atoms with E-state index < -0.39 is 10.9 Å². The first-order valence-corrected chi connectivity index (χ1v) is 5.85. The van der Waals surface area contributed by atoms with E-state index in [0.717, 1.165) is 17.8 Å². The molecule has 0 saturated carbocycles. The van der Waals surface area contributed by atoms with Crippen molar-refractivity contribution in [2.45, 2.75) is 9.92 Å². The lowest BCUT2D eigenvalue weighted by Crippen LogP contribution is -1.99. The summed E-state index contributed by atoms with van der Waals surface area (Å²) in [6.07, 6.45) is 2.85. The van der Waals surface area contributed by atoms with Gasteiger partial charge in [0.1, 0.15) is 11.4 Å². The van der Waals surface area contributed by atoms with Crippen molar-refractivity contribution in [3.05, 3.63) is 52.5 Å². The van der Waals surface area contributed by atoms with Crippen LogP contribution in [0.4, 0.5) is 5.69 Å². The highest BCUT2D eigenvalue weighted by Crippen LogP contribution is 2.34. The van der Waals surface area contributed by atoms with E-state index in [9.17, 15) is 14.9 Å². The SMILES string of the molecule is O=C(O)c1ccc(Sc2ccncn2)c([N+](=O)[O-])c1. The number of carboxylic acid groups (broad SMARTS) is 1. The molecule has 0 fully saturated rings. The minimum Gasteiger partial charge on any atom is -0.478 e. The normalized spacial score (nSPS) is 10.1. The van der Waals surface area contributed by atoms with E-state index in [1.54, 1.807) is 6.07 Å². The highest BCUT2D eigenvalue weighted by atomic mass is 32.2. The van der Waals surface area contributed by atoms with Crippen LogP contribution < -0.4 is 0 Å². The summed E-state index contributed by atoms with van der Waals surface area (Å²) in [5.74, 6) is -1.21. The number of hydrogen-bond donors (Lipinski definition) is 1. The second kappa shape index (κ2) is 5.44. The van der Waals surface area contributed by atoms with Gasteiger partial charge >= 0.3 is 5.97 Å². The highest BCUT2D eigenvalue weighted by molar-refractivity contribution is 7.99. The molecule has 0 unspecified atom stereocenters. The molecule has 0 amide bonds. The molecule has 2 aromatic rings. The van der Waals surface area contributed by atoms with Gasteiger partial charge in [-0.05, 0) is 18.2 Å². The molecular formula is C11H7N3O4S. The summed E-state index contributed by atoms with van der Waals surface area (Å²) in [5.41, 5.74) is -0.387. The fraction of sp³-hybridized carbons (Fsp3) is 0. The Kier molecular flexibility index (Phi) is 3.71. The Morgan fingerprint density at radius 3 is 2.74 bits per heavy atom. The summed E-state index contributed by atoms with van der Waals surface area (Å²) in [7, 11) is 0. The maximum Gasteiger partial charge on any atom is 0.335 e. The standard InChI is InChI=1S/C11H7N3O4S/c15-11(16)7-1-2-9(8(5-7)14(17)18)19-10-3-4-12-6-13-10/h1-6H,(H,15,16). The van der Waals surface area contributed by atoms with Crippen LogP contribution in [0.1, 0.15) is 10.4 Å². The maximum absolute atomic E-state index is 11.0. The van der Waals surface area contributed by atoms with E-state index in [-0.39, 0.29) is 11.3 Å². The highest BCUT2D eigenvalue weighted by Gasteiger charge is 2.18. The van der Waals surface area contributed by atoms with Crippen LogP contribution in [0.15, 0.2) is 46.7 Å². The molecule has 1 aromatic heterocycles. The van der Waals surface area contributed by atoms with E-state index >= 15 is 0 Å².